The smallest absolute Gasteiger partial charge is 0.326 e. The maximum atomic E-state index is 12.4. The molecule has 0 radical (unpaired) electrons. The number of hydrogen-bond donors (Lipinski definition) is 6. The molecule has 0 aromatic heterocycles. The monoisotopic (exact) mass is 395 g/mol. The number of carbonyl (C=O) groups is 4. The number of nitrogens with one attached hydrogen (secondary N) is 2. The average Bonchev–Trinajstić information content (AvgIpc) is 2.60. The molecular formula is C18H25N3O7. The Kier molecular flexibility index (Phi) is 8.39. The fourth-order valence-corrected chi connectivity index (χ4v) is 2.29. The number of aromatic hydroxyl groups is 1. The number of hydrogen-bond acceptors (Lipinski definition) is 6. The van der Waals surface area contributed by atoms with Gasteiger partial charge in [-0.05, 0) is 23.6 Å². The summed E-state index contributed by atoms with van der Waals surface area (Å²) in [6.45, 7) is 3.38. The molecule has 10 nitrogen and oxygen atoms in total. The molecule has 0 aliphatic carbocycles. The molecule has 0 saturated heterocycles. The van der Waals surface area contributed by atoms with Crippen LogP contribution in [-0.2, 0) is 25.6 Å². The van der Waals surface area contributed by atoms with E-state index < -0.39 is 48.3 Å². The molecule has 0 heterocycles. The van der Waals surface area contributed by atoms with Crippen LogP contribution in [0.25, 0.3) is 0 Å². The largest absolute Gasteiger partial charge is 0.508 e. The second-order valence-corrected chi connectivity index (χ2v) is 6.70. The molecule has 0 aliphatic rings. The van der Waals surface area contributed by atoms with E-state index in [1.165, 1.54) is 24.3 Å². The van der Waals surface area contributed by atoms with Crippen molar-refractivity contribution in [3.63, 3.8) is 0 Å². The van der Waals surface area contributed by atoms with Gasteiger partial charge in [0.05, 0.1) is 12.5 Å². The summed E-state index contributed by atoms with van der Waals surface area (Å²) in [5.74, 6) is -4.57. The quantitative estimate of drug-likeness (QED) is 0.305. The first-order valence-corrected chi connectivity index (χ1v) is 8.60. The van der Waals surface area contributed by atoms with Gasteiger partial charge in [-0.3, -0.25) is 14.4 Å². The van der Waals surface area contributed by atoms with Crippen LogP contribution in [-0.4, -0.2) is 57.2 Å². The fraction of sp³-hybridized carbons (Fsp3) is 0.444. The van der Waals surface area contributed by atoms with Crippen LogP contribution in [0.15, 0.2) is 24.3 Å². The van der Waals surface area contributed by atoms with Crippen molar-refractivity contribution >= 4 is 23.8 Å². The van der Waals surface area contributed by atoms with Gasteiger partial charge in [0.25, 0.3) is 0 Å². The van der Waals surface area contributed by atoms with E-state index in [-0.39, 0.29) is 18.1 Å². The number of aliphatic carboxylic acids is 2. The van der Waals surface area contributed by atoms with Crippen LogP contribution in [0.5, 0.6) is 5.75 Å². The summed E-state index contributed by atoms with van der Waals surface area (Å²) in [7, 11) is 0. The molecule has 2 amide bonds. The minimum atomic E-state index is -1.48. The first kappa shape index (κ1) is 22.9. The number of rotatable bonds is 10. The van der Waals surface area contributed by atoms with Crippen LogP contribution in [0.1, 0.15) is 25.8 Å². The summed E-state index contributed by atoms with van der Waals surface area (Å²) in [5, 5.41) is 32.1. The summed E-state index contributed by atoms with van der Waals surface area (Å²) in [5.41, 5.74) is 6.23. The zero-order valence-electron chi connectivity index (χ0n) is 15.6. The van der Waals surface area contributed by atoms with E-state index in [9.17, 15) is 29.4 Å². The third kappa shape index (κ3) is 7.23. The Bertz CT molecular complexity index is 718. The summed E-state index contributed by atoms with van der Waals surface area (Å²) >= 11 is 0. The highest BCUT2D eigenvalue weighted by molar-refractivity contribution is 5.94. The molecule has 10 heteroatoms. The third-order valence-corrected chi connectivity index (χ3v) is 4.02. The number of nitrogens with two attached hydrogens (primary N) is 1. The van der Waals surface area contributed by atoms with Crippen LogP contribution in [0.3, 0.4) is 0 Å². The Labute approximate surface area is 161 Å². The van der Waals surface area contributed by atoms with Crippen LogP contribution in [0.4, 0.5) is 0 Å². The fourth-order valence-electron chi connectivity index (χ4n) is 2.29. The topological polar surface area (TPSA) is 179 Å². The van der Waals surface area contributed by atoms with Crippen molar-refractivity contribution in [2.24, 2.45) is 11.7 Å². The summed E-state index contributed by atoms with van der Waals surface area (Å²) < 4.78 is 0. The number of carboxylic acids is 2. The van der Waals surface area contributed by atoms with Crippen molar-refractivity contribution in [3.8, 4) is 5.75 Å². The first-order valence-electron chi connectivity index (χ1n) is 8.60. The van der Waals surface area contributed by atoms with E-state index in [4.69, 9.17) is 10.8 Å². The molecule has 154 valence electrons. The summed E-state index contributed by atoms with van der Waals surface area (Å²) in [6.07, 6.45) is -0.825. The molecule has 0 saturated carbocycles. The molecule has 0 bridgehead atoms. The zero-order chi connectivity index (χ0) is 21.4. The van der Waals surface area contributed by atoms with Gasteiger partial charge >= 0.3 is 11.9 Å². The molecule has 0 unspecified atom stereocenters. The maximum Gasteiger partial charge on any atom is 0.326 e. The highest BCUT2D eigenvalue weighted by Crippen LogP contribution is 2.12. The van der Waals surface area contributed by atoms with Gasteiger partial charge in [0.2, 0.25) is 11.8 Å². The van der Waals surface area contributed by atoms with Crippen molar-refractivity contribution in [1.82, 2.24) is 10.6 Å². The van der Waals surface area contributed by atoms with Crippen molar-refractivity contribution < 1.29 is 34.5 Å². The predicted octanol–water partition coefficient (Wildman–Crippen LogP) is -0.553. The zero-order valence-corrected chi connectivity index (χ0v) is 15.6. The number of carboxylic acid groups (broad SMARTS) is 2. The second kappa shape index (κ2) is 10.3. The van der Waals surface area contributed by atoms with Gasteiger partial charge in [-0.2, -0.15) is 0 Å². The number of amides is 2. The lowest BCUT2D eigenvalue weighted by atomic mass is 10.0. The summed E-state index contributed by atoms with van der Waals surface area (Å²) in [4.78, 5) is 47.0. The number of phenolic OH excluding ortho intramolecular Hbond substituents is 1. The standard InChI is InChI=1S/C18H25N3O7/c1-9(2)15(19)17(26)20-12(8-14(23)24)16(25)21-13(18(27)28)7-10-3-5-11(22)6-4-10/h3-6,9,12-13,15,22H,7-8,19H2,1-2H3,(H,20,26)(H,21,25)(H,23,24)(H,27,28)/t12-,13-,15-/m0/s1. The molecule has 1 aromatic rings. The van der Waals surface area contributed by atoms with Crippen LogP contribution in [0, 0.1) is 5.92 Å². The molecule has 28 heavy (non-hydrogen) atoms. The molecule has 1 rings (SSSR count). The SMILES string of the molecule is CC(C)[C@H](N)C(=O)N[C@@H](CC(=O)O)C(=O)N[C@@H](Cc1ccc(O)cc1)C(=O)O. The summed E-state index contributed by atoms with van der Waals surface area (Å²) in [6, 6.07) is 1.95. The highest BCUT2D eigenvalue weighted by Gasteiger charge is 2.30. The molecule has 0 spiro atoms. The second-order valence-electron chi connectivity index (χ2n) is 6.70. The minimum Gasteiger partial charge on any atom is -0.508 e. The Hall–Kier alpha value is -3.14. The van der Waals surface area contributed by atoms with Crippen molar-refractivity contribution in [1.29, 1.82) is 0 Å². The highest BCUT2D eigenvalue weighted by atomic mass is 16.4. The van der Waals surface area contributed by atoms with Gasteiger partial charge in [0.15, 0.2) is 0 Å². The number of carbonyl (C=O) groups excluding carboxylic acids is 2. The number of phenols is 1. The van der Waals surface area contributed by atoms with Gasteiger partial charge in [-0.1, -0.05) is 26.0 Å². The normalized spacial score (nSPS) is 14.0. The lowest BCUT2D eigenvalue weighted by Crippen LogP contribution is -2.56. The van der Waals surface area contributed by atoms with Gasteiger partial charge < -0.3 is 31.7 Å². The first-order chi connectivity index (χ1) is 13.0. The molecule has 3 atom stereocenters. The van der Waals surface area contributed by atoms with Crippen LogP contribution in [0.2, 0.25) is 0 Å². The van der Waals surface area contributed by atoms with Gasteiger partial charge in [-0.15, -0.1) is 0 Å². The maximum absolute atomic E-state index is 12.4. The molecular weight excluding hydrogens is 370 g/mol. The Morgan fingerprint density at radius 1 is 0.964 bits per heavy atom. The van der Waals surface area contributed by atoms with Crippen LogP contribution >= 0.6 is 0 Å². The Morgan fingerprint density at radius 2 is 1.50 bits per heavy atom. The van der Waals surface area contributed by atoms with Gasteiger partial charge in [-0.25, -0.2) is 4.79 Å². The third-order valence-electron chi connectivity index (χ3n) is 4.02. The average molecular weight is 395 g/mol. The van der Waals surface area contributed by atoms with E-state index in [0.29, 0.717) is 5.56 Å². The Morgan fingerprint density at radius 3 is 1.96 bits per heavy atom. The van der Waals surface area contributed by atoms with Crippen LogP contribution < -0.4 is 16.4 Å². The predicted molar refractivity (Wildman–Crippen MR) is 98.4 cm³/mol. The minimum absolute atomic E-state index is 0.00499. The van der Waals surface area contributed by atoms with E-state index in [2.05, 4.69) is 10.6 Å². The van der Waals surface area contributed by atoms with Gasteiger partial charge in [0.1, 0.15) is 17.8 Å². The van der Waals surface area contributed by atoms with Crippen molar-refractivity contribution in [2.75, 3.05) is 0 Å². The van der Waals surface area contributed by atoms with E-state index in [1.807, 2.05) is 0 Å². The van der Waals surface area contributed by atoms with Gasteiger partial charge in [0, 0.05) is 6.42 Å². The van der Waals surface area contributed by atoms with Crippen molar-refractivity contribution in [2.45, 2.75) is 44.8 Å². The number of benzene rings is 1. The Balaban J connectivity index is 2.89. The van der Waals surface area contributed by atoms with E-state index in [0.717, 1.165) is 0 Å². The lowest BCUT2D eigenvalue weighted by Gasteiger charge is -2.23. The van der Waals surface area contributed by atoms with E-state index in [1.54, 1.807) is 13.8 Å². The lowest BCUT2D eigenvalue weighted by molar-refractivity contribution is -0.143. The molecule has 1 aromatic carbocycles. The van der Waals surface area contributed by atoms with Crippen molar-refractivity contribution in [3.05, 3.63) is 29.8 Å². The molecule has 0 fully saturated rings. The molecule has 7 N–H and O–H groups in total. The van der Waals surface area contributed by atoms with E-state index >= 15 is 0 Å². The molecule has 0 aliphatic heterocycles.